The van der Waals surface area contributed by atoms with Gasteiger partial charge in [0, 0.05) is 0 Å². The summed E-state index contributed by atoms with van der Waals surface area (Å²) >= 11 is 0. The fourth-order valence-corrected chi connectivity index (χ4v) is 2.69. The molecule has 2 aromatic carbocycles. The first-order valence-corrected chi connectivity index (χ1v) is 10.1. The minimum atomic E-state index is -0.796. The number of hydrogen-bond donors (Lipinski definition) is 2. The Kier molecular flexibility index (Phi) is 9.00. The highest BCUT2D eigenvalue weighted by atomic mass is 16.5. The number of hydrazine groups is 1. The van der Waals surface area contributed by atoms with Crippen LogP contribution in [0.5, 0.6) is 17.2 Å². The Morgan fingerprint density at radius 3 is 2.23 bits per heavy atom. The normalized spacial score (nSPS) is 12.4. The Labute approximate surface area is 177 Å². The zero-order valence-corrected chi connectivity index (χ0v) is 17.9. The molecular formula is C23H30N2O5. The molecule has 0 aliphatic heterocycles. The number of carbonyl (C=O) groups excluding carboxylic acids is 2. The third kappa shape index (κ3) is 6.99. The van der Waals surface area contributed by atoms with Gasteiger partial charge in [-0.25, -0.2) is 0 Å². The number of rotatable bonds is 10. The summed E-state index contributed by atoms with van der Waals surface area (Å²) in [5.41, 5.74) is 5.75. The van der Waals surface area contributed by atoms with E-state index in [4.69, 9.17) is 14.2 Å². The molecule has 0 aliphatic rings. The van der Waals surface area contributed by atoms with Crippen molar-refractivity contribution in [1.29, 1.82) is 0 Å². The van der Waals surface area contributed by atoms with Gasteiger partial charge in [-0.15, -0.1) is 0 Å². The fraction of sp³-hybridized carbons (Fsp3) is 0.391. The third-order valence-corrected chi connectivity index (χ3v) is 4.56. The second kappa shape index (κ2) is 11.7. The summed E-state index contributed by atoms with van der Waals surface area (Å²) in [6.45, 7) is 8.07. The second-order valence-corrected chi connectivity index (χ2v) is 6.84. The molecular weight excluding hydrogens is 384 g/mol. The number of para-hydroxylation sites is 1. The highest BCUT2D eigenvalue weighted by Crippen LogP contribution is 2.28. The van der Waals surface area contributed by atoms with Gasteiger partial charge >= 0.3 is 0 Å². The lowest BCUT2D eigenvalue weighted by Crippen LogP contribution is -2.48. The van der Waals surface area contributed by atoms with Crippen LogP contribution in [0.3, 0.4) is 0 Å². The van der Waals surface area contributed by atoms with Gasteiger partial charge in [0.1, 0.15) is 17.2 Å². The SMILES string of the molecule is CCOc1ccc(OC(C)C(=O)NNC(=O)COc2ccccc2C(C)CC)cc1. The van der Waals surface area contributed by atoms with E-state index in [-0.39, 0.29) is 6.61 Å². The lowest BCUT2D eigenvalue weighted by molar-refractivity contribution is -0.133. The van der Waals surface area contributed by atoms with Gasteiger partial charge in [-0.3, -0.25) is 20.4 Å². The Balaban J connectivity index is 1.78. The van der Waals surface area contributed by atoms with Gasteiger partial charge in [-0.1, -0.05) is 32.0 Å². The summed E-state index contributed by atoms with van der Waals surface area (Å²) < 4.78 is 16.6. The molecule has 7 heteroatoms. The third-order valence-electron chi connectivity index (χ3n) is 4.56. The van der Waals surface area contributed by atoms with Crippen molar-refractivity contribution in [3.63, 3.8) is 0 Å². The van der Waals surface area contributed by atoms with Gasteiger partial charge in [0.15, 0.2) is 12.7 Å². The first-order chi connectivity index (χ1) is 14.4. The van der Waals surface area contributed by atoms with Crippen LogP contribution in [0.1, 0.15) is 45.6 Å². The molecule has 0 bridgehead atoms. The lowest BCUT2D eigenvalue weighted by Gasteiger charge is -2.17. The molecule has 2 N–H and O–H groups in total. The van der Waals surface area contributed by atoms with E-state index in [9.17, 15) is 9.59 Å². The molecule has 2 atom stereocenters. The molecule has 2 aromatic rings. The van der Waals surface area contributed by atoms with E-state index in [0.29, 0.717) is 24.0 Å². The van der Waals surface area contributed by atoms with E-state index < -0.39 is 17.9 Å². The van der Waals surface area contributed by atoms with Gasteiger partial charge in [0.25, 0.3) is 11.8 Å². The van der Waals surface area contributed by atoms with Crippen LogP contribution in [-0.4, -0.2) is 31.1 Å². The van der Waals surface area contributed by atoms with Crippen LogP contribution < -0.4 is 25.1 Å². The summed E-state index contributed by atoms with van der Waals surface area (Å²) in [7, 11) is 0. The van der Waals surface area contributed by atoms with E-state index in [1.807, 2.05) is 31.2 Å². The number of carbonyl (C=O) groups is 2. The summed E-state index contributed by atoms with van der Waals surface area (Å²) in [5.74, 6) is 1.31. The number of hydrogen-bond acceptors (Lipinski definition) is 5. The molecule has 7 nitrogen and oxygen atoms in total. The molecule has 30 heavy (non-hydrogen) atoms. The molecule has 0 saturated carbocycles. The van der Waals surface area contributed by atoms with Crippen molar-refractivity contribution < 1.29 is 23.8 Å². The van der Waals surface area contributed by atoms with Crippen molar-refractivity contribution >= 4 is 11.8 Å². The predicted octanol–water partition coefficient (Wildman–Crippen LogP) is 3.59. The second-order valence-electron chi connectivity index (χ2n) is 6.84. The molecule has 0 aliphatic carbocycles. The molecule has 162 valence electrons. The smallest absolute Gasteiger partial charge is 0.279 e. The van der Waals surface area contributed by atoms with Crippen molar-refractivity contribution in [2.24, 2.45) is 0 Å². The molecule has 0 radical (unpaired) electrons. The number of benzene rings is 2. The monoisotopic (exact) mass is 414 g/mol. The predicted molar refractivity (Wildman–Crippen MR) is 115 cm³/mol. The maximum Gasteiger partial charge on any atom is 0.279 e. The summed E-state index contributed by atoms with van der Waals surface area (Å²) in [4.78, 5) is 24.2. The zero-order chi connectivity index (χ0) is 21.9. The Morgan fingerprint density at radius 1 is 0.900 bits per heavy atom. The number of ether oxygens (including phenoxy) is 3. The summed E-state index contributed by atoms with van der Waals surface area (Å²) in [6, 6.07) is 14.6. The summed E-state index contributed by atoms with van der Waals surface area (Å²) in [5, 5.41) is 0. The number of nitrogens with one attached hydrogen (secondary N) is 2. The minimum Gasteiger partial charge on any atom is -0.494 e. The first kappa shape index (κ1) is 23.1. The fourth-order valence-electron chi connectivity index (χ4n) is 2.69. The van der Waals surface area contributed by atoms with Crippen molar-refractivity contribution in [3.05, 3.63) is 54.1 Å². The summed E-state index contributed by atoms with van der Waals surface area (Å²) in [6.07, 6.45) is 0.171. The largest absolute Gasteiger partial charge is 0.494 e. The van der Waals surface area contributed by atoms with Crippen LogP contribution in [0.15, 0.2) is 48.5 Å². The molecule has 0 spiro atoms. The standard InChI is InChI=1S/C23H30N2O5/c1-5-16(3)20-9-7-8-10-21(20)29-15-22(26)24-25-23(27)17(4)30-19-13-11-18(12-14-19)28-6-2/h7-14,16-17H,5-6,15H2,1-4H3,(H,24,26)(H,25,27). The number of amides is 2. The van der Waals surface area contributed by atoms with Crippen LogP contribution in [-0.2, 0) is 9.59 Å². The van der Waals surface area contributed by atoms with Crippen molar-refractivity contribution in [2.45, 2.75) is 46.1 Å². The molecule has 0 fully saturated rings. The van der Waals surface area contributed by atoms with Gasteiger partial charge in [0.2, 0.25) is 0 Å². The van der Waals surface area contributed by atoms with Crippen molar-refractivity contribution in [1.82, 2.24) is 10.9 Å². The molecule has 0 aromatic heterocycles. The van der Waals surface area contributed by atoms with Crippen molar-refractivity contribution in [2.75, 3.05) is 13.2 Å². The van der Waals surface area contributed by atoms with Crippen LogP contribution in [0.2, 0.25) is 0 Å². The molecule has 2 amide bonds. The average Bonchev–Trinajstić information content (AvgIpc) is 2.77. The van der Waals surface area contributed by atoms with E-state index >= 15 is 0 Å². The maximum atomic E-state index is 12.2. The topological polar surface area (TPSA) is 85.9 Å². The van der Waals surface area contributed by atoms with Crippen LogP contribution in [0, 0.1) is 0 Å². The molecule has 2 rings (SSSR count). The Bertz CT molecular complexity index is 823. The highest BCUT2D eigenvalue weighted by molar-refractivity contribution is 5.85. The molecule has 0 saturated heterocycles. The quantitative estimate of drug-likeness (QED) is 0.580. The Hall–Kier alpha value is -3.22. The van der Waals surface area contributed by atoms with Gasteiger partial charge in [-0.2, -0.15) is 0 Å². The van der Waals surface area contributed by atoms with Crippen molar-refractivity contribution in [3.8, 4) is 17.2 Å². The molecule has 0 heterocycles. The van der Waals surface area contributed by atoms with Crippen LogP contribution in [0.4, 0.5) is 0 Å². The van der Waals surface area contributed by atoms with Gasteiger partial charge in [0.05, 0.1) is 6.61 Å². The molecule has 2 unspecified atom stereocenters. The average molecular weight is 415 g/mol. The minimum absolute atomic E-state index is 0.206. The highest BCUT2D eigenvalue weighted by Gasteiger charge is 2.16. The van der Waals surface area contributed by atoms with Crippen LogP contribution >= 0.6 is 0 Å². The Morgan fingerprint density at radius 2 is 1.57 bits per heavy atom. The van der Waals surface area contributed by atoms with Gasteiger partial charge < -0.3 is 14.2 Å². The van der Waals surface area contributed by atoms with Crippen LogP contribution in [0.25, 0.3) is 0 Å². The van der Waals surface area contributed by atoms with Gasteiger partial charge in [-0.05, 0) is 62.1 Å². The van der Waals surface area contributed by atoms with E-state index in [1.54, 1.807) is 31.2 Å². The lowest BCUT2D eigenvalue weighted by atomic mass is 9.98. The van der Waals surface area contributed by atoms with E-state index in [0.717, 1.165) is 17.7 Å². The maximum absolute atomic E-state index is 12.2. The van der Waals surface area contributed by atoms with E-state index in [2.05, 4.69) is 24.7 Å². The van der Waals surface area contributed by atoms with E-state index in [1.165, 1.54) is 0 Å². The first-order valence-electron chi connectivity index (χ1n) is 10.1. The zero-order valence-electron chi connectivity index (χ0n) is 17.9.